The van der Waals surface area contributed by atoms with Crippen LogP contribution in [0.3, 0.4) is 0 Å². The summed E-state index contributed by atoms with van der Waals surface area (Å²) in [6.07, 6.45) is 1.75. The lowest BCUT2D eigenvalue weighted by atomic mass is 10.3. The number of hydrogen-bond donors (Lipinski definition) is 1. The normalized spacial score (nSPS) is 11.3. The highest BCUT2D eigenvalue weighted by molar-refractivity contribution is 7.88. The minimum atomic E-state index is -3.37. The van der Waals surface area contributed by atoms with Crippen molar-refractivity contribution in [2.45, 2.75) is 13.3 Å². The van der Waals surface area contributed by atoms with E-state index < -0.39 is 10.0 Å². The van der Waals surface area contributed by atoms with Crippen molar-refractivity contribution in [1.29, 1.82) is 0 Å². The van der Waals surface area contributed by atoms with Gasteiger partial charge in [0.1, 0.15) is 18.1 Å². The van der Waals surface area contributed by atoms with Crippen molar-refractivity contribution in [3.63, 3.8) is 0 Å². The SMILES string of the molecule is CCCN(CC(=O)NCCOc1ccc(OC)cc1)S(C)(=O)=O. The molecule has 1 amide bonds. The van der Waals surface area contributed by atoms with Gasteiger partial charge in [0, 0.05) is 6.54 Å². The number of methoxy groups -OCH3 is 1. The molecule has 0 aliphatic carbocycles. The monoisotopic (exact) mass is 344 g/mol. The smallest absolute Gasteiger partial charge is 0.235 e. The number of carbonyl (C=O) groups excluding carboxylic acids is 1. The number of amides is 1. The zero-order valence-electron chi connectivity index (χ0n) is 13.7. The molecule has 0 aromatic heterocycles. The molecule has 1 N–H and O–H groups in total. The standard InChI is InChI=1S/C15H24N2O5S/c1-4-10-17(23(3,19)20)12-15(18)16-9-11-22-14-7-5-13(21-2)6-8-14/h5-8H,4,9-12H2,1-3H3,(H,16,18). The molecule has 1 rings (SSSR count). The Bertz CT molecular complexity index is 586. The number of hydrogen-bond acceptors (Lipinski definition) is 5. The second-order valence-electron chi connectivity index (χ2n) is 4.97. The largest absolute Gasteiger partial charge is 0.497 e. The summed E-state index contributed by atoms with van der Waals surface area (Å²) in [7, 11) is -1.79. The van der Waals surface area contributed by atoms with Gasteiger partial charge in [-0.3, -0.25) is 4.79 Å². The molecule has 7 nitrogen and oxygen atoms in total. The molecular formula is C15H24N2O5S. The first kappa shape index (κ1) is 19.2. The van der Waals surface area contributed by atoms with Gasteiger partial charge in [0.25, 0.3) is 0 Å². The number of rotatable bonds is 10. The van der Waals surface area contributed by atoms with Crippen LogP contribution in [0.5, 0.6) is 11.5 Å². The lowest BCUT2D eigenvalue weighted by molar-refractivity contribution is -0.121. The molecular weight excluding hydrogens is 320 g/mol. The zero-order chi connectivity index (χ0) is 17.3. The quantitative estimate of drug-likeness (QED) is 0.637. The summed E-state index contributed by atoms with van der Waals surface area (Å²) in [6, 6.07) is 7.10. The zero-order valence-corrected chi connectivity index (χ0v) is 14.6. The Morgan fingerprint density at radius 2 is 1.83 bits per heavy atom. The van der Waals surface area contributed by atoms with Crippen LogP contribution in [-0.2, 0) is 14.8 Å². The third-order valence-electron chi connectivity index (χ3n) is 3.01. The van der Waals surface area contributed by atoms with E-state index in [4.69, 9.17) is 9.47 Å². The predicted molar refractivity (Wildman–Crippen MR) is 88.2 cm³/mol. The summed E-state index contributed by atoms with van der Waals surface area (Å²) in [4.78, 5) is 11.8. The van der Waals surface area contributed by atoms with Crippen LogP contribution in [0.1, 0.15) is 13.3 Å². The summed E-state index contributed by atoms with van der Waals surface area (Å²) in [5, 5.41) is 2.64. The van der Waals surface area contributed by atoms with Crippen LogP contribution in [0.4, 0.5) is 0 Å². The third kappa shape index (κ3) is 7.34. The van der Waals surface area contributed by atoms with Gasteiger partial charge in [-0.1, -0.05) is 6.92 Å². The molecule has 0 saturated heterocycles. The summed E-state index contributed by atoms with van der Waals surface area (Å²) >= 11 is 0. The van der Waals surface area contributed by atoms with Gasteiger partial charge in [0.05, 0.1) is 26.5 Å². The van der Waals surface area contributed by atoms with Crippen LogP contribution in [0.25, 0.3) is 0 Å². The van der Waals surface area contributed by atoms with E-state index in [0.29, 0.717) is 31.9 Å². The number of ether oxygens (including phenoxy) is 2. The maximum absolute atomic E-state index is 11.8. The lowest BCUT2D eigenvalue weighted by Crippen LogP contribution is -2.41. The number of sulfonamides is 1. The maximum Gasteiger partial charge on any atom is 0.235 e. The fourth-order valence-corrected chi connectivity index (χ4v) is 2.72. The second kappa shape index (κ2) is 9.36. The number of nitrogens with one attached hydrogen (secondary N) is 1. The highest BCUT2D eigenvalue weighted by Gasteiger charge is 2.18. The highest BCUT2D eigenvalue weighted by atomic mass is 32.2. The van der Waals surface area contributed by atoms with Gasteiger partial charge in [0.2, 0.25) is 15.9 Å². The molecule has 0 unspecified atom stereocenters. The molecule has 130 valence electrons. The van der Waals surface area contributed by atoms with Gasteiger partial charge in [-0.05, 0) is 30.7 Å². The van der Waals surface area contributed by atoms with Crippen molar-refractivity contribution in [3.05, 3.63) is 24.3 Å². The van der Waals surface area contributed by atoms with E-state index in [2.05, 4.69) is 5.32 Å². The van der Waals surface area contributed by atoms with E-state index >= 15 is 0 Å². The average molecular weight is 344 g/mol. The van der Waals surface area contributed by atoms with Gasteiger partial charge in [0.15, 0.2) is 0 Å². The van der Waals surface area contributed by atoms with E-state index in [-0.39, 0.29) is 12.5 Å². The van der Waals surface area contributed by atoms with Crippen molar-refractivity contribution in [1.82, 2.24) is 9.62 Å². The Balaban J connectivity index is 2.32. The van der Waals surface area contributed by atoms with E-state index in [9.17, 15) is 13.2 Å². The van der Waals surface area contributed by atoms with Crippen molar-refractivity contribution in [2.75, 3.05) is 39.6 Å². The first-order valence-corrected chi connectivity index (χ1v) is 9.20. The third-order valence-corrected chi connectivity index (χ3v) is 4.26. The van der Waals surface area contributed by atoms with Gasteiger partial charge in [-0.2, -0.15) is 4.31 Å². The molecule has 23 heavy (non-hydrogen) atoms. The van der Waals surface area contributed by atoms with Crippen molar-refractivity contribution >= 4 is 15.9 Å². The maximum atomic E-state index is 11.8. The van der Waals surface area contributed by atoms with Crippen molar-refractivity contribution in [3.8, 4) is 11.5 Å². The van der Waals surface area contributed by atoms with Crippen molar-refractivity contribution < 1.29 is 22.7 Å². The molecule has 0 aliphatic rings. The molecule has 1 aromatic rings. The molecule has 0 heterocycles. The molecule has 8 heteroatoms. The molecule has 0 aliphatic heterocycles. The van der Waals surface area contributed by atoms with E-state index in [0.717, 1.165) is 16.3 Å². The number of nitrogens with zero attached hydrogens (tertiary/aromatic N) is 1. The Morgan fingerprint density at radius 3 is 2.35 bits per heavy atom. The Morgan fingerprint density at radius 1 is 1.22 bits per heavy atom. The Labute approximate surface area is 137 Å². The molecule has 0 radical (unpaired) electrons. The fraction of sp³-hybridized carbons (Fsp3) is 0.533. The van der Waals surface area contributed by atoms with Crippen LogP contribution in [0, 0.1) is 0 Å². The molecule has 0 saturated carbocycles. The van der Waals surface area contributed by atoms with Crippen LogP contribution >= 0.6 is 0 Å². The first-order chi connectivity index (χ1) is 10.9. The summed E-state index contributed by atoms with van der Waals surface area (Å²) in [5.41, 5.74) is 0. The summed E-state index contributed by atoms with van der Waals surface area (Å²) < 4.78 is 34.7. The van der Waals surface area contributed by atoms with Crippen LogP contribution in [0.2, 0.25) is 0 Å². The molecule has 0 atom stereocenters. The molecule has 0 bridgehead atoms. The average Bonchev–Trinajstić information content (AvgIpc) is 2.51. The second-order valence-corrected chi connectivity index (χ2v) is 6.95. The van der Waals surface area contributed by atoms with Gasteiger partial charge >= 0.3 is 0 Å². The highest BCUT2D eigenvalue weighted by Crippen LogP contribution is 2.16. The molecule has 0 fully saturated rings. The van der Waals surface area contributed by atoms with Gasteiger partial charge in [-0.25, -0.2) is 8.42 Å². The number of benzene rings is 1. The summed E-state index contributed by atoms with van der Waals surface area (Å²) in [6.45, 7) is 2.61. The minimum absolute atomic E-state index is 0.171. The van der Waals surface area contributed by atoms with E-state index in [1.807, 2.05) is 6.92 Å². The van der Waals surface area contributed by atoms with Crippen LogP contribution < -0.4 is 14.8 Å². The Kier molecular flexibility index (Phi) is 7.84. The minimum Gasteiger partial charge on any atom is -0.497 e. The Hall–Kier alpha value is -1.80. The van der Waals surface area contributed by atoms with Gasteiger partial charge in [-0.15, -0.1) is 0 Å². The van der Waals surface area contributed by atoms with E-state index in [1.165, 1.54) is 0 Å². The summed E-state index contributed by atoms with van der Waals surface area (Å²) in [5.74, 6) is 1.06. The fourth-order valence-electron chi connectivity index (χ4n) is 1.86. The number of carbonyl (C=O) groups is 1. The van der Waals surface area contributed by atoms with E-state index in [1.54, 1.807) is 31.4 Å². The topological polar surface area (TPSA) is 84.9 Å². The van der Waals surface area contributed by atoms with Gasteiger partial charge < -0.3 is 14.8 Å². The van der Waals surface area contributed by atoms with Crippen molar-refractivity contribution in [2.24, 2.45) is 0 Å². The molecule has 1 aromatic carbocycles. The predicted octanol–water partition coefficient (Wildman–Crippen LogP) is 0.862. The van der Waals surface area contributed by atoms with Crippen LogP contribution in [0.15, 0.2) is 24.3 Å². The lowest BCUT2D eigenvalue weighted by Gasteiger charge is -2.18. The van der Waals surface area contributed by atoms with Crippen LogP contribution in [-0.4, -0.2) is 58.2 Å². The first-order valence-electron chi connectivity index (χ1n) is 7.35. The molecule has 0 spiro atoms.